The molecular formula is C11H15NO. The number of rotatable bonds is 1. The van der Waals surface area contributed by atoms with Gasteiger partial charge in [-0.15, -0.1) is 0 Å². The first kappa shape index (κ1) is 8.73. The number of ether oxygens (including phenoxy) is 1. The molecule has 1 aromatic carbocycles. The Morgan fingerprint density at radius 1 is 1.15 bits per heavy atom. The van der Waals surface area contributed by atoms with Crippen LogP contribution in [0.2, 0.25) is 0 Å². The minimum Gasteiger partial charge on any atom is -0.354 e. The summed E-state index contributed by atoms with van der Waals surface area (Å²) in [7, 11) is 0. The van der Waals surface area contributed by atoms with Gasteiger partial charge in [-0.05, 0) is 19.4 Å². The Morgan fingerprint density at radius 2 is 1.85 bits per heavy atom. The minimum absolute atomic E-state index is 0.167. The Labute approximate surface area is 78.9 Å². The molecular weight excluding hydrogens is 162 g/mol. The third-order valence-electron chi connectivity index (χ3n) is 2.43. The highest BCUT2D eigenvalue weighted by atomic mass is 16.5. The largest absolute Gasteiger partial charge is 0.354 e. The molecule has 0 radical (unpaired) electrons. The third kappa shape index (κ3) is 1.74. The fourth-order valence-electron chi connectivity index (χ4n) is 1.84. The maximum atomic E-state index is 5.75. The Morgan fingerprint density at radius 3 is 2.38 bits per heavy atom. The SMILES string of the molecule is CC1N[C@@H](C)[C@@H](c2ccccc2)O1. The number of hydrogen-bond donors (Lipinski definition) is 1. The van der Waals surface area contributed by atoms with Crippen LogP contribution in [-0.2, 0) is 4.74 Å². The second kappa shape index (κ2) is 3.48. The maximum Gasteiger partial charge on any atom is 0.106 e. The lowest BCUT2D eigenvalue weighted by Crippen LogP contribution is -2.26. The van der Waals surface area contributed by atoms with Crippen LogP contribution >= 0.6 is 0 Å². The van der Waals surface area contributed by atoms with Gasteiger partial charge < -0.3 is 4.74 Å². The van der Waals surface area contributed by atoms with Crippen LogP contribution < -0.4 is 5.32 Å². The van der Waals surface area contributed by atoms with Crippen molar-refractivity contribution in [3.63, 3.8) is 0 Å². The summed E-state index contributed by atoms with van der Waals surface area (Å²) in [5.74, 6) is 0. The van der Waals surface area contributed by atoms with E-state index in [-0.39, 0.29) is 12.3 Å². The summed E-state index contributed by atoms with van der Waals surface area (Å²) in [6.45, 7) is 4.20. The predicted molar refractivity (Wildman–Crippen MR) is 52.3 cm³/mol. The van der Waals surface area contributed by atoms with E-state index in [2.05, 4.69) is 36.5 Å². The molecule has 0 aromatic heterocycles. The summed E-state index contributed by atoms with van der Waals surface area (Å²) in [5.41, 5.74) is 1.26. The van der Waals surface area contributed by atoms with Crippen molar-refractivity contribution in [3.8, 4) is 0 Å². The highest BCUT2D eigenvalue weighted by Gasteiger charge is 2.29. The predicted octanol–water partition coefficient (Wildman–Crippen LogP) is 2.08. The van der Waals surface area contributed by atoms with Gasteiger partial charge in [0, 0.05) is 6.04 Å². The molecule has 70 valence electrons. The van der Waals surface area contributed by atoms with Gasteiger partial charge in [0.15, 0.2) is 0 Å². The summed E-state index contributed by atoms with van der Waals surface area (Å²) >= 11 is 0. The number of benzene rings is 1. The van der Waals surface area contributed by atoms with Crippen molar-refractivity contribution in [2.45, 2.75) is 32.2 Å². The second-order valence-electron chi connectivity index (χ2n) is 3.56. The van der Waals surface area contributed by atoms with E-state index in [1.54, 1.807) is 0 Å². The molecule has 13 heavy (non-hydrogen) atoms. The van der Waals surface area contributed by atoms with Gasteiger partial charge in [-0.2, -0.15) is 0 Å². The minimum atomic E-state index is 0.167. The zero-order chi connectivity index (χ0) is 9.26. The standard InChI is InChI=1S/C11H15NO/c1-8-11(13-9(2)12-8)10-6-4-3-5-7-10/h3-9,11-12H,1-2H3/t8-,9?,11-/m0/s1. The van der Waals surface area contributed by atoms with E-state index in [0.29, 0.717) is 6.04 Å². The van der Waals surface area contributed by atoms with Crippen LogP contribution in [0, 0.1) is 0 Å². The van der Waals surface area contributed by atoms with Gasteiger partial charge in [0.1, 0.15) is 6.23 Å². The van der Waals surface area contributed by atoms with Crippen molar-refractivity contribution in [1.82, 2.24) is 5.32 Å². The average Bonchev–Trinajstić information content (AvgIpc) is 2.47. The van der Waals surface area contributed by atoms with E-state index in [1.165, 1.54) is 5.56 Å². The topological polar surface area (TPSA) is 21.3 Å². The second-order valence-corrected chi connectivity index (χ2v) is 3.56. The molecule has 0 bridgehead atoms. The molecule has 0 spiro atoms. The van der Waals surface area contributed by atoms with E-state index < -0.39 is 0 Å². The molecule has 1 heterocycles. The van der Waals surface area contributed by atoms with E-state index in [9.17, 15) is 0 Å². The van der Waals surface area contributed by atoms with Gasteiger partial charge >= 0.3 is 0 Å². The summed E-state index contributed by atoms with van der Waals surface area (Å²) in [5, 5.41) is 3.34. The van der Waals surface area contributed by atoms with Gasteiger partial charge in [0.05, 0.1) is 6.10 Å². The summed E-state index contributed by atoms with van der Waals surface area (Å²) in [4.78, 5) is 0. The first-order chi connectivity index (χ1) is 6.27. The highest BCUT2D eigenvalue weighted by molar-refractivity contribution is 5.19. The third-order valence-corrected chi connectivity index (χ3v) is 2.43. The lowest BCUT2D eigenvalue weighted by molar-refractivity contribution is 0.0482. The van der Waals surface area contributed by atoms with Gasteiger partial charge in [0.2, 0.25) is 0 Å². The summed E-state index contributed by atoms with van der Waals surface area (Å²) in [6, 6.07) is 10.8. The van der Waals surface area contributed by atoms with E-state index in [4.69, 9.17) is 4.74 Å². The smallest absolute Gasteiger partial charge is 0.106 e. The Bertz CT molecular complexity index is 273. The monoisotopic (exact) mass is 177 g/mol. The molecule has 1 aliphatic rings. The Balaban J connectivity index is 2.18. The Kier molecular flexibility index (Phi) is 2.34. The van der Waals surface area contributed by atoms with Crippen LogP contribution in [0.25, 0.3) is 0 Å². The molecule has 2 heteroatoms. The molecule has 2 nitrogen and oxygen atoms in total. The van der Waals surface area contributed by atoms with Gasteiger partial charge in [0.25, 0.3) is 0 Å². The zero-order valence-corrected chi connectivity index (χ0v) is 8.03. The summed E-state index contributed by atoms with van der Waals surface area (Å²) < 4.78 is 5.75. The first-order valence-corrected chi connectivity index (χ1v) is 4.74. The molecule has 3 atom stereocenters. The van der Waals surface area contributed by atoms with E-state index in [1.807, 2.05) is 13.0 Å². The molecule has 1 aliphatic heterocycles. The maximum absolute atomic E-state index is 5.75. The van der Waals surface area contributed by atoms with Crippen LogP contribution in [0.4, 0.5) is 0 Å². The lowest BCUT2D eigenvalue weighted by Gasteiger charge is -2.13. The molecule has 1 unspecified atom stereocenters. The molecule has 2 rings (SSSR count). The molecule has 1 N–H and O–H groups in total. The van der Waals surface area contributed by atoms with E-state index >= 15 is 0 Å². The molecule has 1 aromatic rings. The molecule has 0 saturated carbocycles. The highest BCUT2D eigenvalue weighted by Crippen LogP contribution is 2.27. The van der Waals surface area contributed by atoms with Gasteiger partial charge in [-0.1, -0.05) is 30.3 Å². The van der Waals surface area contributed by atoms with Crippen molar-refractivity contribution in [3.05, 3.63) is 35.9 Å². The van der Waals surface area contributed by atoms with Crippen LogP contribution in [0.3, 0.4) is 0 Å². The first-order valence-electron chi connectivity index (χ1n) is 4.74. The fourth-order valence-corrected chi connectivity index (χ4v) is 1.84. The van der Waals surface area contributed by atoms with Crippen molar-refractivity contribution in [2.24, 2.45) is 0 Å². The quantitative estimate of drug-likeness (QED) is 0.709. The number of nitrogens with one attached hydrogen (secondary N) is 1. The van der Waals surface area contributed by atoms with Crippen molar-refractivity contribution >= 4 is 0 Å². The van der Waals surface area contributed by atoms with Crippen molar-refractivity contribution in [1.29, 1.82) is 0 Å². The van der Waals surface area contributed by atoms with E-state index in [0.717, 1.165) is 0 Å². The number of hydrogen-bond acceptors (Lipinski definition) is 2. The normalized spacial score (nSPS) is 33.5. The van der Waals surface area contributed by atoms with Gasteiger partial charge in [-0.25, -0.2) is 0 Å². The van der Waals surface area contributed by atoms with Crippen LogP contribution in [0.1, 0.15) is 25.5 Å². The fraction of sp³-hybridized carbons (Fsp3) is 0.455. The molecule has 0 amide bonds. The van der Waals surface area contributed by atoms with Crippen LogP contribution in [0.5, 0.6) is 0 Å². The lowest BCUT2D eigenvalue weighted by atomic mass is 10.0. The van der Waals surface area contributed by atoms with Crippen molar-refractivity contribution in [2.75, 3.05) is 0 Å². The van der Waals surface area contributed by atoms with Crippen LogP contribution in [-0.4, -0.2) is 12.3 Å². The Hall–Kier alpha value is -0.860. The van der Waals surface area contributed by atoms with Crippen LogP contribution in [0.15, 0.2) is 30.3 Å². The summed E-state index contributed by atoms with van der Waals surface area (Å²) in [6.07, 6.45) is 0.372. The average molecular weight is 177 g/mol. The molecule has 0 aliphatic carbocycles. The zero-order valence-electron chi connectivity index (χ0n) is 8.03. The van der Waals surface area contributed by atoms with Gasteiger partial charge in [-0.3, -0.25) is 5.32 Å². The molecule has 1 saturated heterocycles. The molecule has 1 fully saturated rings. The van der Waals surface area contributed by atoms with Crippen molar-refractivity contribution < 1.29 is 4.74 Å².